The van der Waals surface area contributed by atoms with Crippen molar-refractivity contribution in [3.8, 4) is 11.5 Å². The molecule has 37 heavy (non-hydrogen) atoms. The maximum atomic E-state index is 13.0. The summed E-state index contributed by atoms with van der Waals surface area (Å²) in [5.41, 5.74) is 1.59. The number of hydrogen-bond acceptors (Lipinski definition) is 5. The van der Waals surface area contributed by atoms with Crippen molar-refractivity contribution in [2.45, 2.75) is 25.7 Å². The van der Waals surface area contributed by atoms with Crippen LogP contribution in [0.2, 0.25) is 0 Å². The largest absolute Gasteiger partial charge is 0.490 e. The minimum absolute atomic E-state index is 0.0165. The number of thiocarbonyl (C=S) groups is 1. The highest BCUT2D eigenvalue weighted by Gasteiger charge is 2.18. The van der Waals surface area contributed by atoms with Crippen molar-refractivity contribution in [2.75, 3.05) is 31.6 Å². The summed E-state index contributed by atoms with van der Waals surface area (Å²) in [7, 11) is 0. The van der Waals surface area contributed by atoms with Gasteiger partial charge in [0.1, 0.15) is 24.7 Å². The van der Waals surface area contributed by atoms with Gasteiger partial charge in [-0.1, -0.05) is 49.2 Å². The number of nitrogens with zero attached hydrogens (tertiary/aromatic N) is 1. The summed E-state index contributed by atoms with van der Waals surface area (Å²) in [4.78, 5) is 27.8. The van der Waals surface area contributed by atoms with Crippen LogP contribution >= 0.6 is 12.2 Å². The average Bonchev–Trinajstić information content (AvgIpc) is 3.21. The Kier molecular flexibility index (Phi) is 9.48. The molecule has 4 rings (SSSR count). The zero-order valence-electron chi connectivity index (χ0n) is 20.7. The Morgan fingerprint density at radius 1 is 0.811 bits per heavy atom. The third-order valence-corrected chi connectivity index (χ3v) is 6.18. The number of rotatable bonds is 8. The van der Waals surface area contributed by atoms with Crippen molar-refractivity contribution in [1.29, 1.82) is 0 Å². The summed E-state index contributed by atoms with van der Waals surface area (Å²) in [5, 5.41) is 5.84. The van der Waals surface area contributed by atoms with E-state index in [-0.39, 0.29) is 17.6 Å². The molecular formula is C29H31N3O4S. The second-order valence-corrected chi connectivity index (χ2v) is 9.11. The van der Waals surface area contributed by atoms with E-state index in [9.17, 15) is 9.59 Å². The van der Waals surface area contributed by atoms with Crippen LogP contribution in [0.3, 0.4) is 0 Å². The molecule has 0 saturated carbocycles. The summed E-state index contributed by atoms with van der Waals surface area (Å²) in [6.07, 6.45) is 4.39. The first kappa shape index (κ1) is 26.2. The zero-order chi connectivity index (χ0) is 25.9. The van der Waals surface area contributed by atoms with E-state index >= 15 is 0 Å². The van der Waals surface area contributed by atoms with E-state index in [1.165, 1.54) is 0 Å². The highest BCUT2D eigenvalue weighted by atomic mass is 32.1. The molecule has 7 nitrogen and oxygen atoms in total. The van der Waals surface area contributed by atoms with Crippen molar-refractivity contribution in [2.24, 2.45) is 0 Å². The van der Waals surface area contributed by atoms with Gasteiger partial charge >= 0.3 is 0 Å². The fraction of sp³-hybridized carbons (Fsp3) is 0.276. The van der Waals surface area contributed by atoms with E-state index in [0.29, 0.717) is 29.2 Å². The number of carbonyl (C=O) groups is 2. The molecule has 0 aromatic heterocycles. The van der Waals surface area contributed by atoms with Crippen LogP contribution in [0.4, 0.5) is 5.69 Å². The molecule has 0 radical (unpaired) electrons. The van der Waals surface area contributed by atoms with E-state index in [2.05, 4.69) is 10.6 Å². The van der Waals surface area contributed by atoms with E-state index < -0.39 is 5.91 Å². The van der Waals surface area contributed by atoms with Crippen LogP contribution in [0, 0.1) is 0 Å². The number of nitrogens with one attached hydrogen (secondary N) is 2. The summed E-state index contributed by atoms with van der Waals surface area (Å²) in [6.45, 7) is 2.18. The van der Waals surface area contributed by atoms with Crippen LogP contribution in [0.5, 0.6) is 11.5 Å². The summed E-state index contributed by atoms with van der Waals surface area (Å²) in [6, 6.07) is 23.6. The lowest BCUT2D eigenvalue weighted by atomic mass is 10.1. The second kappa shape index (κ2) is 13.4. The van der Waals surface area contributed by atoms with Crippen LogP contribution in [-0.2, 0) is 0 Å². The Labute approximate surface area is 222 Å². The van der Waals surface area contributed by atoms with Gasteiger partial charge in [-0.15, -0.1) is 0 Å². The van der Waals surface area contributed by atoms with Gasteiger partial charge < -0.3 is 19.7 Å². The predicted molar refractivity (Wildman–Crippen MR) is 148 cm³/mol. The van der Waals surface area contributed by atoms with E-state index in [1.54, 1.807) is 48.5 Å². The molecule has 1 saturated heterocycles. The predicted octanol–water partition coefficient (Wildman–Crippen LogP) is 5.29. The van der Waals surface area contributed by atoms with Gasteiger partial charge in [0, 0.05) is 24.3 Å². The van der Waals surface area contributed by atoms with Crippen molar-refractivity contribution in [3.05, 3.63) is 90.0 Å². The lowest BCUT2D eigenvalue weighted by Gasteiger charge is -2.20. The number of hydrogen-bond donors (Lipinski definition) is 2. The van der Waals surface area contributed by atoms with Crippen LogP contribution in [-0.4, -0.2) is 48.1 Å². The minimum atomic E-state index is -0.395. The van der Waals surface area contributed by atoms with Crippen molar-refractivity contribution in [1.82, 2.24) is 10.2 Å². The monoisotopic (exact) mass is 517 g/mol. The molecule has 0 bridgehead atoms. The smallest absolute Gasteiger partial charge is 0.261 e. The van der Waals surface area contributed by atoms with Crippen molar-refractivity contribution >= 4 is 34.8 Å². The lowest BCUT2D eigenvalue weighted by Crippen LogP contribution is -2.34. The number of benzene rings is 3. The number of carbonyl (C=O) groups excluding carboxylic acids is 2. The van der Waals surface area contributed by atoms with Crippen LogP contribution in [0.15, 0.2) is 78.9 Å². The third kappa shape index (κ3) is 7.79. The lowest BCUT2D eigenvalue weighted by molar-refractivity contribution is 0.0761. The molecule has 0 aliphatic carbocycles. The standard InChI is InChI=1S/C29H31N3O4S/c33-27(25-15-6-7-16-26(25)36-20-19-35-24-13-4-3-5-14-24)31-29(37)30-23-12-10-11-22(21-23)28(34)32-17-8-1-2-9-18-32/h3-7,10-16,21H,1-2,8-9,17-20H2,(H2,30,31,33,37). The van der Waals surface area contributed by atoms with Crippen LogP contribution in [0.1, 0.15) is 46.4 Å². The van der Waals surface area contributed by atoms with E-state index in [4.69, 9.17) is 21.7 Å². The highest BCUT2D eigenvalue weighted by molar-refractivity contribution is 7.80. The van der Waals surface area contributed by atoms with Gasteiger partial charge in [-0.25, -0.2) is 0 Å². The van der Waals surface area contributed by atoms with Gasteiger partial charge in [0.15, 0.2) is 5.11 Å². The number of anilines is 1. The van der Waals surface area contributed by atoms with E-state index in [1.807, 2.05) is 35.2 Å². The molecular weight excluding hydrogens is 486 g/mol. The maximum Gasteiger partial charge on any atom is 0.261 e. The third-order valence-electron chi connectivity index (χ3n) is 5.97. The first-order valence-corrected chi connectivity index (χ1v) is 12.9. The number of para-hydroxylation sites is 2. The second-order valence-electron chi connectivity index (χ2n) is 8.70. The molecule has 8 heteroatoms. The molecule has 1 fully saturated rings. The first-order valence-electron chi connectivity index (χ1n) is 12.5. The van der Waals surface area contributed by atoms with Crippen molar-refractivity contribution in [3.63, 3.8) is 0 Å². The molecule has 0 atom stereocenters. The molecule has 1 aliphatic heterocycles. The van der Waals surface area contributed by atoms with Crippen molar-refractivity contribution < 1.29 is 19.1 Å². The first-order chi connectivity index (χ1) is 18.1. The molecule has 0 unspecified atom stereocenters. The summed E-state index contributed by atoms with van der Waals surface area (Å²) >= 11 is 5.37. The highest BCUT2D eigenvalue weighted by Crippen LogP contribution is 2.19. The maximum absolute atomic E-state index is 13.0. The average molecular weight is 518 g/mol. The van der Waals surface area contributed by atoms with Gasteiger partial charge in [0.2, 0.25) is 0 Å². The zero-order valence-corrected chi connectivity index (χ0v) is 21.5. The Morgan fingerprint density at radius 3 is 2.30 bits per heavy atom. The molecule has 192 valence electrons. The Balaban J connectivity index is 1.31. The van der Waals surface area contributed by atoms with E-state index in [0.717, 1.165) is 44.5 Å². The van der Waals surface area contributed by atoms with Gasteiger partial charge in [-0.3, -0.25) is 14.9 Å². The van der Waals surface area contributed by atoms with Crippen LogP contribution in [0.25, 0.3) is 0 Å². The Bertz CT molecular complexity index is 1210. The normalized spacial score (nSPS) is 13.2. The fourth-order valence-corrected chi connectivity index (χ4v) is 4.34. The quantitative estimate of drug-likeness (QED) is 0.312. The summed E-state index contributed by atoms with van der Waals surface area (Å²) < 4.78 is 11.4. The van der Waals surface area contributed by atoms with Gasteiger partial charge in [0.25, 0.3) is 11.8 Å². The Morgan fingerprint density at radius 2 is 1.51 bits per heavy atom. The number of ether oxygens (including phenoxy) is 2. The topological polar surface area (TPSA) is 79.9 Å². The molecule has 1 heterocycles. The van der Waals surface area contributed by atoms with Gasteiger partial charge in [0.05, 0.1) is 5.56 Å². The van der Waals surface area contributed by atoms with Gasteiger partial charge in [-0.2, -0.15) is 0 Å². The SMILES string of the molecule is O=C(NC(=S)Nc1cccc(C(=O)N2CCCCCC2)c1)c1ccccc1OCCOc1ccccc1. The minimum Gasteiger partial charge on any atom is -0.490 e. The number of likely N-dealkylation sites (tertiary alicyclic amines) is 1. The molecule has 2 N–H and O–H groups in total. The Hall–Kier alpha value is -3.91. The fourth-order valence-electron chi connectivity index (χ4n) is 4.13. The molecule has 1 aliphatic rings. The molecule has 2 amide bonds. The molecule has 0 spiro atoms. The summed E-state index contributed by atoms with van der Waals surface area (Å²) in [5.74, 6) is 0.812. The number of amides is 2. The van der Waals surface area contributed by atoms with Crippen LogP contribution < -0.4 is 20.1 Å². The van der Waals surface area contributed by atoms with Gasteiger partial charge in [-0.05, 0) is 67.5 Å². The molecule has 3 aromatic rings. The molecule has 3 aromatic carbocycles.